The van der Waals surface area contributed by atoms with Gasteiger partial charge in [-0.15, -0.1) is 0 Å². The van der Waals surface area contributed by atoms with Crippen molar-refractivity contribution in [2.24, 2.45) is 0 Å². The van der Waals surface area contributed by atoms with E-state index in [1.165, 1.54) is 0 Å². The van der Waals surface area contributed by atoms with Crippen LogP contribution < -0.4 is 5.73 Å². The van der Waals surface area contributed by atoms with Crippen molar-refractivity contribution in [3.63, 3.8) is 0 Å². The van der Waals surface area contributed by atoms with E-state index in [-0.39, 0.29) is 5.95 Å². The van der Waals surface area contributed by atoms with Crippen LogP contribution >= 0.6 is 11.6 Å². The molecule has 0 aliphatic carbocycles. The molecule has 12 heavy (non-hydrogen) atoms. The molecule has 0 spiro atoms. The number of nitrogens with two attached hydrogens (primary N) is 1. The minimum Gasteiger partial charge on any atom is -0.443 e. The SMILES string of the molecule is Cc1cc2c(Cl)nc(N)nc2o1. The van der Waals surface area contributed by atoms with Crippen LogP contribution in [0.3, 0.4) is 0 Å². The van der Waals surface area contributed by atoms with Gasteiger partial charge in [-0.2, -0.15) is 4.98 Å². The third-order valence-corrected chi connectivity index (χ3v) is 1.77. The first-order chi connectivity index (χ1) is 5.66. The lowest BCUT2D eigenvalue weighted by molar-refractivity contribution is 0.567. The summed E-state index contributed by atoms with van der Waals surface area (Å²) in [5, 5.41) is 1.03. The lowest BCUT2D eigenvalue weighted by atomic mass is 10.4. The molecular formula is C7H6ClN3O. The molecule has 0 radical (unpaired) electrons. The number of anilines is 1. The molecule has 0 bridgehead atoms. The first-order valence-corrected chi connectivity index (χ1v) is 3.74. The van der Waals surface area contributed by atoms with Gasteiger partial charge < -0.3 is 10.2 Å². The molecule has 2 rings (SSSR count). The zero-order chi connectivity index (χ0) is 8.72. The lowest BCUT2D eigenvalue weighted by Crippen LogP contribution is -1.93. The monoisotopic (exact) mass is 183 g/mol. The Hall–Kier alpha value is -1.29. The van der Waals surface area contributed by atoms with Gasteiger partial charge in [-0.1, -0.05) is 11.6 Å². The van der Waals surface area contributed by atoms with Gasteiger partial charge in [0.25, 0.3) is 0 Å². The normalized spacial score (nSPS) is 10.8. The minimum absolute atomic E-state index is 0.127. The van der Waals surface area contributed by atoms with Crippen molar-refractivity contribution in [1.82, 2.24) is 9.97 Å². The molecule has 0 fully saturated rings. The molecular weight excluding hydrogens is 178 g/mol. The summed E-state index contributed by atoms with van der Waals surface area (Å²) in [6.07, 6.45) is 0. The van der Waals surface area contributed by atoms with Crippen molar-refractivity contribution in [3.05, 3.63) is 17.0 Å². The number of hydrogen-bond acceptors (Lipinski definition) is 4. The molecule has 4 nitrogen and oxygen atoms in total. The number of aryl methyl sites for hydroxylation is 1. The van der Waals surface area contributed by atoms with E-state index >= 15 is 0 Å². The fourth-order valence-electron chi connectivity index (χ4n) is 1.02. The average molecular weight is 184 g/mol. The predicted octanol–water partition coefficient (Wildman–Crippen LogP) is 1.77. The van der Waals surface area contributed by atoms with E-state index in [4.69, 9.17) is 21.8 Å². The minimum atomic E-state index is 0.127. The first kappa shape index (κ1) is 7.36. The largest absolute Gasteiger partial charge is 0.443 e. The average Bonchev–Trinajstić information content (AvgIpc) is 2.29. The van der Waals surface area contributed by atoms with Crippen molar-refractivity contribution in [1.29, 1.82) is 0 Å². The summed E-state index contributed by atoms with van der Waals surface area (Å²) in [6, 6.07) is 1.77. The molecule has 2 heterocycles. The van der Waals surface area contributed by atoms with Gasteiger partial charge in [0.15, 0.2) is 0 Å². The highest BCUT2D eigenvalue weighted by atomic mass is 35.5. The summed E-state index contributed by atoms with van der Waals surface area (Å²) in [4.78, 5) is 7.66. The number of hydrogen-bond donors (Lipinski definition) is 1. The van der Waals surface area contributed by atoms with Gasteiger partial charge in [0, 0.05) is 0 Å². The van der Waals surface area contributed by atoms with Gasteiger partial charge in [0.05, 0.1) is 5.39 Å². The second kappa shape index (κ2) is 2.35. The van der Waals surface area contributed by atoms with Crippen molar-refractivity contribution >= 4 is 28.6 Å². The van der Waals surface area contributed by atoms with E-state index in [9.17, 15) is 0 Å². The van der Waals surface area contributed by atoms with Crippen LogP contribution in [0, 0.1) is 6.92 Å². The molecule has 2 N–H and O–H groups in total. The predicted molar refractivity (Wildman–Crippen MR) is 46.0 cm³/mol. The van der Waals surface area contributed by atoms with E-state index in [2.05, 4.69) is 9.97 Å². The molecule has 0 atom stereocenters. The van der Waals surface area contributed by atoms with Gasteiger partial charge in [0.2, 0.25) is 11.7 Å². The summed E-state index contributed by atoms with van der Waals surface area (Å²) in [5.41, 5.74) is 5.80. The van der Waals surface area contributed by atoms with Crippen LogP contribution in [0.15, 0.2) is 10.5 Å². The fraction of sp³-hybridized carbons (Fsp3) is 0.143. The van der Waals surface area contributed by atoms with E-state index in [0.29, 0.717) is 16.3 Å². The number of aromatic nitrogens is 2. The second-order valence-corrected chi connectivity index (χ2v) is 2.81. The zero-order valence-corrected chi connectivity index (χ0v) is 7.09. The molecule has 62 valence electrons. The summed E-state index contributed by atoms with van der Waals surface area (Å²) in [6.45, 7) is 1.81. The molecule has 0 amide bonds. The Balaban J connectivity index is 2.88. The number of furan rings is 1. The molecule has 5 heteroatoms. The fourth-order valence-corrected chi connectivity index (χ4v) is 1.24. The third kappa shape index (κ3) is 1.00. The van der Waals surface area contributed by atoms with E-state index in [1.807, 2.05) is 6.92 Å². The number of fused-ring (bicyclic) bond motifs is 1. The second-order valence-electron chi connectivity index (χ2n) is 2.45. The third-order valence-electron chi connectivity index (χ3n) is 1.49. The van der Waals surface area contributed by atoms with Crippen LogP contribution in [-0.2, 0) is 0 Å². The lowest BCUT2D eigenvalue weighted by Gasteiger charge is -1.92. The Morgan fingerprint density at radius 1 is 1.50 bits per heavy atom. The van der Waals surface area contributed by atoms with Crippen LogP contribution in [0.5, 0.6) is 0 Å². The maximum absolute atomic E-state index is 5.78. The molecule has 0 saturated heterocycles. The Morgan fingerprint density at radius 2 is 2.25 bits per heavy atom. The van der Waals surface area contributed by atoms with Crippen molar-refractivity contribution in [2.45, 2.75) is 6.92 Å². The number of halogens is 1. The van der Waals surface area contributed by atoms with Crippen LogP contribution in [0.1, 0.15) is 5.76 Å². The van der Waals surface area contributed by atoms with E-state index in [1.54, 1.807) is 6.07 Å². The molecule has 0 aliphatic rings. The van der Waals surface area contributed by atoms with Crippen LogP contribution in [0.25, 0.3) is 11.1 Å². The highest BCUT2D eigenvalue weighted by Crippen LogP contribution is 2.23. The Morgan fingerprint density at radius 3 is 3.00 bits per heavy atom. The Labute approximate surface area is 73.4 Å². The molecule has 2 aromatic rings. The summed E-state index contributed by atoms with van der Waals surface area (Å²) in [7, 11) is 0. The topological polar surface area (TPSA) is 64.9 Å². The summed E-state index contributed by atoms with van der Waals surface area (Å²) >= 11 is 5.78. The summed E-state index contributed by atoms with van der Waals surface area (Å²) in [5.74, 6) is 0.869. The van der Waals surface area contributed by atoms with Crippen molar-refractivity contribution < 1.29 is 4.42 Å². The first-order valence-electron chi connectivity index (χ1n) is 3.36. The van der Waals surface area contributed by atoms with Gasteiger partial charge in [0.1, 0.15) is 10.9 Å². The quantitative estimate of drug-likeness (QED) is 0.633. The zero-order valence-electron chi connectivity index (χ0n) is 6.34. The molecule has 0 aromatic carbocycles. The van der Waals surface area contributed by atoms with Crippen molar-refractivity contribution in [3.8, 4) is 0 Å². The van der Waals surface area contributed by atoms with E-state index in [0.717, 1.165) is 5.76 Å². The standard InChI is InChI=1S/C7H6ClN3O/c1-3-2-4-5(8)10-7(9)11-6(4)12-3/h2H,1H3,(H2,9,10,11). The summed E-state index contributed by atoms with van der Waals surface area (Å²) < 4.78 is 5.21. The highest BCUT2D eigenvalue weighted by molar-refractivity contribution is 6.34. The van der Waals surface area contributed by atoms with Crippen LogP contribution in [0.2, 0.25) is 5.15 Å². The number of nitrogens with zero attached hydrogens (tertiary/aromatic N) is 2. The van der Waals surface area contributed by atoms with Crippen LogP contribution in [0.4, 0.5) is 5.95 Å². The van der Waals surface area contributed by atoms with Gasteiger partial charge >= 0.3 is 0 Å². The molecule has 0 unspecified atom stereocenters. The van der Waals surface area contributed by atoms with E-state index < -0.39 is 0 Å². The maximum Gasteiger partial charge on any atom is 0.232 e. The van der Waals surface area contributed by atoms with Crippen LogP contribution in [-0.4, -0.2) is 9.97 Å². The van der Waals surface area contributed by atoms with Gasteiger partial charge in [-0.25, -0.2) is 4.98 Å². The number of nitrogen functional groups attached to an aromatic ring is 1. The highest BCUT2D eigenvalue weighted by Gasteiger charge is 2.07. The Kier molecular flexibility index (Phi) is 1.44. The Bertz CT molecular complexity index is 437. The maximum atomic E-state index is 5.78. The van der Waals surface area contributed by atoms with Gasteiger partial charge in [-0.05, 0) is 13.0 Å². The number of rotatable bonds is 0. The molecule has 0 aliphatic heterocycles. The molecule has 2 aromatic heterocycles. The smallest absolute Gasteiger partial charge is 0.232 e. The van der Waals surface area contributed by atoms with Gasteiger partial charge in [-0.3, -0.25) is 0 Å². The molecule has 0 saturated carbocycles. The van der Waals surface area contributed by atoms with Crippen molar-refractivity contribution in [2.75, 3.05) is 5.73 Å².